The van der Waals surface area contributed by atoms with Gasteiger partial charge in [0.25, 0.3) is 25.2 Å². The summed E-state index contributed by atoms with van der Waals surface area (Å²) < 4.78 is 122. The Labute approximate surface area is 678 Å². The molecule has 5 aliphatic heterocycles. The van der Waals surface area contributed by atoms with Gasteiger partial charge in [0, 0.05) is 94.5 Å². The van der Waals surface area contributed by atoms with Crippen LogP contribution >= 0.6 is 15.6 Å². The first-order valence-electron chi connectivity index (χ1n) is 37.4. The van der Waals surface area contributed by atoms with Crippen LogP contribution in [0.25, 0.3) is 21.9 Å². The Morgan fingerprint density at radius 1 is 0.525 bits per heavy atom. The number of phosphoric acid groups is 2. The fraction of sp³-hybridized carbons (Fsp3) is 0.346. The van der Waals surface area contributed by atoms with Crippen LogP contribution in [0.2, 0.25) is 0 Å². The number of nitrogens with one attached hydrogen (secondary N) is 3. The van der Waals surface area contributed by atoms with Crippen molar-refractivity contribution >= 4 is 90.6 Å². The lowest BCUT2D eigenvalue weighted by Crippen LogP contribution is -2.41. The van der Waals surface area contributed by atoms with E-state index < -0.39 is 192 Å². The van der Waals surface area contributed by atoms with Gasteiger partial charge in [0.05, 0.1) is 53.1 Å². The van der Waals surface area contributed by atoms with Crippen LogP contribution in [0.5, 0.6) is 11.5 Å². The van der Waals surface area contributed by atoms with Crippen molar-refractivity contribution in [3.63, 3.8) is 0 Å². The highest BCUT2D eigenvalue weighted by Gasteiger charge is 2.51. The number of amides is 4. The van der Waals surface area contributed by atoms with Gasteiger partial charge in [0.2, 0.25) is 11.8 Å². The zero-order valence-corrected chi connectivity index (χ0v) is 66.4. The number of anilines is 3. The van der Waals surface area contributed by atoms with Gasteiger partial charge in [0.15, 0.2) is 17.0 Å². The molecule has 0 spiro atoms. The van der Waals surface area contributed by atoms with Crippen molar-refractivity contribution < 1.29 is 108 Å². The summed E-state index contributed by atoms with van der Waals surface area (Å²) in [6.07, 6.45) is -12.7. The van der Waals surface area contributed by atoms with Crippen LogP contribution in [0.1, 0.15) is 116 Å². The molecule has 3 N–H and O–H groups in total. The summed E-state index contributed by atoms with van der Waals surface area (Å²) in [5.74, 6) is -3.59. The summed E-state index contributed by atoms with van der Waals surface area (Å²) in [6, 6.07) is 36.8. The van der Waals surface area contributed by atoms with E-state index in [4.69, 9.17) is 65.3 Å². The predicted molar refractivity (Wildman–Crippen MR) is 414 cm³/mol. The summed E-state index contributed by atoms with van der Waals surface area (Å²) in [7, 11) is -8.28. The molecular weight excluding hydrogens is 1610 g/mol. The number of benzene rings is 5. The molecule has 0 aliphatic carbocycles. The predicted octanol–water partition coefficient (Wildman–Crippen LogP) is 6.20. The molecule has 5 aromatic carbocycles. The number of rotatable bonds is 30. The average Bonchev–Trinajstić information content (AvgIpc) is 0.814. The van der Waals surface area contributed by atoms with Crippen LogP contribution in [-0.4, -0.2) is 173 Å². The molecule has 14 atom stereocenters. The molecule has 10 heterocycles. The molecule has 0 saturated carbocycles. The summed E-state index contributed by atoms with van der Waals surface area (Å²) in [5, 5.41) is 5.88. The molecule has 42 heteroatoms. The number of imide groups is 1. The average molecular weight is 1690 g/mol. The maximum absolute atomic E-state index is 16.7. The summed E-state index contributed by atoms with van der Waals surface area (Å²) in [5.41, 5.74) is -3.21. The topological polar surface area (TPSA) is 484 Å². The molecule has 0 radical (unpaired) electrons. The van der Waals surface area contributed by atoms with Crippen molar-refractivity contribution in [2.24, 2.45) is 0 Å². The Balaban J connectivity index is 0.793. The van der Waals surface area contributed by atoms with E-state index in [1.54, 1.807) is 103 Å². The number of carbonyl (C=O) groups is 6. The highest BCUT2D eigenvalue weighted by molar-refractivity contribution is 7.48. The number of hydrogen-bond acceptors (Lipinski definition) is 32. The Kier molecular flexibility index (Phi) is 24.1. The zero-order valence-electron chi connectivity index (χ0n) is 64.6. The Hall–Kier alpha value is -12.0. The van der Waals surface area contributed by atoms with Crippen LogP contribution in [0.3, 0.4) is 0 Å². The van der Waals surface area contributed by atoms with E-state index in [0.29, 0.717) is 39.0 Å². The van der Waals surface area contributed by atoms with E-state index in [1.165, 1.54) is 69.7 Å². The van der Waals surface area contributed by atoms with Gasteiger partial charge in [-0.3, -0.25) is 75.0 Å². The molecule has 10 aromatic rings. The minimum atomic E-state index is -5.77. The summed E-state index contributed by atoms with van der Waals surface area (Å²) in [6.45, 7) is 1.26. The molecule has 10 unspecified atom stereocenters. The quantitative estimate of drug-likeness (QED) is 0.0195. The van der Waals surface area contributed by atoms with Gasteiger partial charge >= 0.3 is 36.8 Å². The molecular formula is C78H76N13O27P2-. The van der Waals surface area contributed by atoms with Crippen molar-refractivity contribution in [2.45, 2.75) is 133 Å². The second-order valence-electron chi connectivity index (χ2n) is 28.2. The maximum atomic E-state index is 16.7. The van der Waals surface area contributed by atoms with Gasteiger partial charge in [0.1, 0.15) is 103 Å². The van der Waals surface area contributed by atoms with E-state index in [1.807, 2.05) is 12.1 Å². The number of hydrogen-bond donors (Lipinski definition) is 3. The number of methoxy groups -OCH3 is 2. The van der Waals surface area contributed by atoms with Crippen LogP contribution in [-0.2, 0) is 89.7 Å². The molecule has 0 bridgehead atoms. The Morgan fingerprint density at radius 3 is 1.49 bits per heavy atom. The van der Waals surface area contributed by atoms with E-state index in [0.717, 1.165) is 44.8 Å². The van der Waals surface area contributed by atoms with Gasteiger partial charge in [-0.25, -0.2) is 38.8 Å². The number of aromatic nitrogens is 10. The standard InChI is InChI=1S/C78H77N13O27P2/c1-42(92)82-62-26-29-87(75(99)84-62)65-32-54(111-44(3)94)59(114-65)37-108-119(102,103)117-56-34-68(90-41-81-70-71(90)79-40-80-72(70)91-73(97)52-16-10-12-46-13-11-17-53(69(46)52)74(91)98)116-61(56)39-110-120(104,109-38-60-55(112-45(4)95)33-66(115-60)88-30-27-63(83-43(2)93)85-76(88)100)118-57-35-67(89-31-28-64(96)86-77(89)101)113-58(57)36-107-78(47-14-8-7-9-15-47,48-18-22-50(105-5)23-19-48)49-20-24-51(106-6)25-21-49/h7-31,40-41,54-61,65-68H,32-39H2,1-6H3,(H,102,103)(H,86,96,101)(H,82,84,92,99)(H,83,85,93,100)/p-1/t54?,55?,56?,57?,58-,59?,60?,61+,65?,66?,67-,68+,120?/m1/s1. The van der Waals surface area contributed by atoms with E-state index in [2.05, 4.69) is 40.5 Å². The first kappa shape index (κ1) is 83.1. The number of fused-ring (bicyclic) bond motifs is 1. The number of carbonyl (C=O) groups excluding carboxylic acids is 6. The first-order valence-corrected chi connectivity index (χ1v) is 40.4. The van der Waals surface area contributed by atoms with Crippen molar-refractivity contribution in [3.8, 4) is 11.5 Å². The third kappa shape index (κ3) is 17.6. The lowest BCUT2D eigenvalue weighted by molar-refractivity contribution is -0.234. The van der Waals surface area contributed by atoms with Gasteiger partial charge < -0.3 is 67.2 Å². The highest BCUT2D eigenvalue weighted by Crippen LogP contribution is 2.56. The molecule has 626 valence electrons. The second-order valence-corrected chi connectivity index (χ2v) is 31.2. The minimum absolute atomic E-state index is 0.0785. The van der Waals surface area contributed by atoms with Crippen molar-refractivity contribution in [2.75, 3.05) is 56.2 Å². The number of H-pyrrole nitrogens is 1. The highest BCUT2D eigenvalue weighted by atomic mass is 31.2. The SMILES string of the molecule is COc1ccc(C(OC[C@H]2O[C@@H](n3ccc(=O)[nH]c3=O)CC2OP(=O)(OCC2OC(n3ccc(NC(C)=O)nc3=O)CC2OC(C)=O)OC[C@@H]2O[C@H](n3cnc4c(N5C(=O)c6cccc7cccc(c67)C5=O)ncnc43)CC2OP(=O)([O-])OCC2OC(n3ccc(NC(C)=O)nc3=O)CC2OC(C)=O)(c2ccccc2)c2ccc(OC)cc2)cc1. The van der Waals surface area contributed by atoms with Gasteiger partial charge in [-0.05, 0) is 70.6 Å². The number of nitrogens with zero attached hydrogens (tertiary/aromatic N) is 10. The number of ether oxygens (including phenoxy) is 9. The van der Waals surface area contributed by atoms with Crippen LogP contribution < -0.4 is 52.5 Å². The van der Waals surface area contributed by atoms with E-state index >= 15 is 4.57 Å². The lowest BCUT2D eigenvalue weighted by Gasteiger charge is -2.37. The molecule has 5 aliphatic rings. The van der Waals surface area contributed by atoms with Crippen LogP contribution in [0.15, 0.2) is 184 Å². The second kappa shape index (κ2) is 34.7. The van der Waals surface area contributed by atoms with Crippen molar-refractivity contribution in [1.29, 1.82) is 0 Å². The lowest BCUT2D eigenvalue weighted by atomic mass is 9.80. The normalized spacial score (nSPS) is 23.2. The Morgan fingerprint density at radius 2 is 0.992 bits per heavy atom. The van der Waals surface area contributed by atoms with Crippen molar-refractivity contribution in [1.82, 2.24) is 48.2 Å². The van der Waals surface area contributed by atoms with Gasteiger partial charge in [-0.15, -0.1) is 0 Å². The number of phosphoric ester groups is 2. The fourth-order valence-electron chi connectivity index (χ4n) is 15.1. The summed E-state index contributed by atoms with van der Waals surface area (Å²) >= 11 is 0. The van der Waals surface area contributed by atoms with Crippen molar-refractivity contribution in [3.05, 3.63) is 234 Å². The third-order valence-electron chi connectivity index (χ3n) is 20.4. The maximum Gasteiger partial charge on any atom is 0.475 e. The third-order valence-corrected chi connectivity index (χ3v) is 22.9. The van der Waals surface area contributed by atoms with E-state index in [-0.39, 0.29) is 52.6 Å². The largest absolute Gasteiger partial charge is 0.756 e. The van der Waals surface area contributed by atoms with Gasteiger partial charge in [-0.2, -0.15) is 9.97 Å². The number of esters is 2. The molecule has 4 fully saturated rings. The Bertz CT molecular complexity index is 5850. The molecule has 4 saturated heterocycles. The molecule has 5 aromatic heterocycles. The smallest absolute Gasteiger partial charge is 0.475 e. The minimum Gasteiger partial charge on any atom is -0.756 e. The zero-order chi connectivity index (χ0) is 84.5. The molecule has 40 nitrogen and oxygen atoms in total. The molecule has 4 amide bonds. The first-order chi connectivity index (χ1) is 57.6. The van der Waals surface area contributed by atoms with Crippen LogP contribution in [0, 0.1) is 0 Å². The fourth-order valence-corrected chi connectivity index (χ4v) is 17.4. The summed E-state index contributed by atoms with van der Waals surface area (Å²) in [4.78, 5) is 171. The number of aromatic amines is 1. The van der Waals surface area contributed by atoms with Crippen LogP contribution in [0.4, 0.5) is 17.5 Å². The number of imidazole rings is 1. The molecule has 15 rings (SSSR count). The monoisotopic (exact) mass is 1690 g/mol. The van der Waals surface area contributed by atoms with E-state index in [9.17, 15) is 57.4 Å². The molecule has 120 heavy (non-hydrogen) atoms. The van der Waals surface area contributed by atoms with Gasteiger partial charge in [-0.1, -0.05) is 78.9 Å².